The lowest BCUT2D eigenvalue weighted by molar-refractivity contribution is -0.137. The molecule has 5 aromatic rings. The van der Waals surface area contributed by atoms with Crippen LogP contribution >= 0.6 is 11.6 Å². The van der Waals surface area contributed by atoms with Crippen molar-refractivity contribution in [2.45, 2.75) is 50.2 Å². The van der Waals surface area contributed by atoms with Crippen LogP contribution in [0.15, 0.2) is 65.6 Å². The number of fused-ring (bicyclic) bond motifs is 3. The largest absolute Gasteiger partial charge is 0.505 e. The number of nitrogens with zero attached hydrogens (tertiary/aromatic N) is 8. The van der Waals surface area contributed by atoms with Crippen molar-refractivity contribution >= 4 is 40.6 Å². The maximum absolute atomic E-state index is 14.6. The number of aromatic nitrogens is 5. The number of pyridine rings is 1. The third-order valence-electron chi connectivity index (χ3n) is 11.7. The molecule has 0 bridgehead atoms. The summed E-state index contributed by atoms with van der Waals surface area (Å²) >= 11 is 6.19. The highest BCUT2D eigenvalue weighted by Gasteiger charge is 2.51. The first-order chi connectivity index (χ1) is 28.3. The Bertz CT molecular complexity index is 2510. The van der Waals surface area contributed by atoms with Crippen molar-refractivity contribution < 1.29 is 37.3 Å². The monoisotopic (exact) mass is 833 g/mol. The molecule has 1 atom stereocenters. The lowest BCUT2D eigenvalue weighted by Crippen LogP contribution is -2.56. The van der Waals surface area contributed by atoms with Crippen LogP contribution in [0.3, 0.4) is 0 Å². The highest BCUT2D eigenvalue weighted by molar-refractivity contribution is 6.33. The number of ether oxygens (including phenoxy) is 2. The summed E-state index contributed by atoms with van der Waals surface area (Å²) < 4.78 is 54.7. The van der Waals surface area contributed by atoms with E-state index in [4.69, 9.17) is 26.1 Å². The molecule has 4 aliphatic rings. The van der Waals surface area contributed by atoms with E-state index in [1.165, 1.54) is 23.2 Å². The Labute approximate surface area is 339 Å². The van der Waals surface area contributed by atoms with Gasteiger partial charge in [-0.25, -0.2) is 4.98 Å². The van der Waals surface area contributed by atoms with Crippen LogP contribution < -0.4 is 15.8 Å². The van der Waals surface area contributed by atoms with Crippen molar-refractivity contribution in [1.29, 1.82) is 0 Å². The molecule has 7 heterocycles. The molecule has 3 fully saturated rings. The summed E-state index contributed by atoms with van der Waals surface area (Å²) in [6.07, 6.45) is -3.51. The van der Waals surface area contributed by atoms with E-state index >= 15 is 0 Å². The van der Waals surface area contributed by atoms with Gasteiger partial charge in [0, 0.05) is 56.7 Å². The summed E-state index contributed by atoms with van der Waals surface area (Å²) in [5.41, 5.74) is -0.407. The number of rotatable bonds is 7. The SMILES string of the molecule is C[C@H]1OC2(CCN(C(=O)c3ncccc3O)CC2)c2c1n(CC(=O)Nc1ccc(C(F)(F)F)cc1Cl)c1nc(-c3ccc(N4CCN(C5COC5)CC4)cc3)nn1c2=O. The number of carbonyl (C=O) groups is 2. The Morgan fingerprint density at radius 1 is 1.02 bits per heavy atom. The first-order valence-electron chi connectivity index (χ1n) is 19.3. The molecular formula is C40H39ClF3N9O6. The molecule has 0 saturated carbocycles. The van der Waals surface area contributed by atoms with Gasteiger partial charge in [-0.3, -0.25) is 19.3 Å². The zero-order valence-electron chi connectivity index (χ0n) is 31.8. The molecule has 3 aromatic heterocycles. The van der Waals surface area contributed by atoms with Crippen LogP contribution in [-0.2, 0) is 32.6 Å². The number of piperidine rings is 1. The number of halogens is 4. The Hall–Kier alpha value is -5.56. The molecule has 9 rings (SSSR count). The molecule has 15 nitrogen and oxygen atoms in total. The summed E-state index contributed by atoms with van der Waals surface area (Å²) in [6, 6.07) is 13.8. The van der Waals surface area contributed by atoms with Gasteiger partial charge in [0.1, 0.15) is 17.9 Å². The number of hydrogen-bond acceptors (Lipinski definition) is 11. The van der Waals surface area contributed by atoms with E-state index in [0.717, 1.165) is 67.8 Å². The number of hydrogen-bond donors (Lipinski definition) is 2. The van der Waals surface area contributed by atoms with Crippen LogP contribution in [0.4, 0.5) is 24.5 Å². The fourth-order valence-electron chi connectivity index (χ4n) is 8.53. The number of benzene rings is 2. The molecule has 0 aliphatic carbocycles. The molecule has 0 radical (unpaired) electrons. The smallest absolute Gasteiger partial charge is 0.416 e. The summed E-state index contributed by atoms with van der Waals surface area (Å²) in [7, 11) is 0. The van der Waals surface area contributed by atoms with Crippen LogP contribution in [0.5, 0.6) is 5.75 Å². The molecular weight excluding hydrogens is 795 g/mol. The van der Waals surface area contributed by atoms with Crippen molar-refractivity contribution in [2.24, 2.45) is 0 Å². The maximum Gasteiger partial charge on any atom is 0.416 e. The predicted octanol–water partition coefficient (Wildman–Crippen LogP) is 4.71. The number of carbonyl (C=O) groups excluding carboxylic acids is 2. The molecule has 0 unspecified atom stereocenters. The van der Waals surface area contributed by atoms with Gasteiger partial charge in [0.25, 0.3) is 11.5 Å². The van der Waals surface area contributed by atoms with Gasteiger partial charge in [0.15, 0.2) is 11.5 Å². The minimum Gasteiger partial charge on any atom is -0.505 e. The first-order valence-corrected chi connectivity index (χ1v) is 19.7. The third kappa shape index (κ3) is 7.06. The van der Waals surface area contributed by atoms with E-state index < -0.39 is 47.4 Å². The molecule has 3 saturated heterocycles. The van der Waals surface area contributed by atoms with Crippen molar-refractivity contribution in [3.8, 4) is 17.1 Å². The summed E-state index contributed by atoms with van der Waals surface area (Å²) in [6.45, 7) is 6.83. The van der Waals surface area contributed by atoms with Gasteiger partial charge < -0.3 is 34.3 Å². The first kappa shape index (κ1) is 38.9. The van der Waals surface area contributed by atoms with E-state index in [0.29, 0.717) is 17.3 Å². The average molecular weight is 834 g/mol. The van der Waals surface area contributed by atoms with Gasteiger partial charge in [-0.05, 0) is 74.4 Å². The Morgan fingerprint density at radius 2 is 1.75 bits per heavy atom. The number of alkyl halides is 3. The number of likely N-dealkylation sites (tertiary alicyclic amines) is 1. The molecule has 308 valence electrons. The van der Waals surface area contributed by atoms with Crippen LogP contribution in [0.1, 0.15) is 53.2 Å². The van der Waals surface area contributed by atoms with E-state index in [2.05, 4.69) is 25.2 Å². The Kier molecular flexibility index (Phi) is 9.84. The highest BCUT2D eigenvalue weighted by Crippen LogP contribution is 2.48. The zero-order valence-corrected chi connectivity index (χ0v) is 32.5. The lowest BCUT2D eigenvalue weighted by atomic mass is 9.85. The van der Waals surface area contributed by atoms with Gasteiger partial charge in [0.05, 0.1) is 52.9 Å². The van der Waals surface area contributed by atoms with Gasteiger partial charge in [-0.1, -0.05) is 11.6 Å². The number of nitrogens with one attached hydrogen (secondary N) is 1. The molecule has 4 aliphatic heterocycles. The van der Waals surface area contributed by atoms with Gasteiger partial charge in [0.2, 0.25) is 11.7 Å². The number of anilines is 2. The Balaban J connectivity index is 1.05. The van der Waals surface area contributed by atoms with E-state index in [1.54, 1.807) is 11.5 Å². The molecule has 59 heavy (non-hydrogen) atoms. The summed E-state index contributed by atoms with van der Waals surface area (Å²) in [5.74, 6) is -1.06. The topological polar surface area (TPSA) is 160 Å². The van der Waals surface area contributed by atoms with E-state index in [9.17, 15) is 32.7 Å². The van der Waals surface area contributed by atoms with E-state index in [1.807, 2.05) is 24.3 Å². The molecule has 2 amide bonds. The third-order valence-corrected chi connectivity index (χ3v) is 12.0. The van der Waals surface area contributed by atoms with Gasteiger partial charge in [-0.15, -0.1) is 5.10 Å². The van der Waals surface area contributed by atoms with Gasteiger partial charge in [-0.2, -0.15) is 22.7 Å². The fraction of sp³-hybridized carbons (Fsp3) is 0.400. The minimum absolute atomic E-state index is 0.0316. The molecule has 2 N–H and O–H groups in total. The quantitative estimate of drug-likeness (QED) is 0.234. The second-order valence-corrected chi connectivity index (χ2v) is 15.6. The fourth-order valence-corrected chi connectivity index (χ4v) is 8.76. The molecule has 19 heteroatoms. The highest BCUT2D eigenvalue weighted by atomic mass is 35.5. The van der Waals surface area contributed by atoms with Crippen LogP contribution in [0.25, 0.3) is 17.2 Å². The second kappa shape index (κ2) is 14.9. The second-order valence-electron chi connectivity index (χ2n) is 15.2. The molecule has 2 aromatic carbocycles. The van der Waals surface area contributed by atoms with Crippen molar-refractivity contribution in [3.63, 3.8) is 0 Å². The van der Waals surface area contributed by atoms with Crippen LogP contribution in [-0.4, -0.2) is 109 Å². The zero-order chi connectivity index (χ0) is 41.2. The summed E-state index contributed by atoms with van der Waals surface area (Å²) in [4.78, 5) is 56.9. The predicted molar refractivity (Wildman–Crippen MR) is 208 cm³/mol. The van der Waals surface area contributed by atoms with Crippen molar-refractivity contribution in [1.82, 2.24) is 33.9 Å². The number of piperazine rings is 1. The van der Waals surface area contributed by atoms with Crippen molar-refractivity contribution in [3.05, 3.63) is 98.7 Å². The minimum atomic E-state index is -4.63. The van der Waals surface area contributed by atoms with Crippen molar-refractivity contribution in [2.75, 3.05) is 62.7 Å². The maximum atomic E-state index is 14.6. The van der Waals surface area contributed by atoms with Crippen LogP contribution in [0.2, 0.25) is 5.02 Å². The van der Waals surface area contributed by atoms with Crippen LogP contribution in [0, 0.1) is 0 Å². The normalized spacial score (nSPS) is 19.6. The van der Waals surface area contributed by atoms with E-state index in [-0.39, 0.29) is 65.3 Å². The number of amides is 2. The van der Waals surface area contributed by atoms with Gasteiger partial charge >= 0.3 is 6.18 Å². The number of aromatic hydroxyl groups is 1. The average Bonchev–Trinajstić information content (AvgIpc) is 3.77. The Morgan fingerprint density at radius 3 is 2.39 bits per heavy atom. The molecule has 1 spiro atoms. The summed E-state index contributed by atoms with van der Waals surface area (Å²) in [5, 5.41) is 17.2. The standard InChI is InChI=1S/C40H39ClF3N9O6/c1-23-34-32(39(59-23)10-13-51(14-11-39)37(57)33-30(54)3-2-12-45-33)36(56)53-38(52(34)20-31(55)46-29-9-6-25(19-28(29)41)40(42,43)44)47-35(48-53)24-4-7-26(8-5-24)49-15-17-50(18-16-49)27-21-58-22-27/h2-9,12,19,23,27,54H,10-11,13-18,20-22H2,1H3,(H,46,55)/t23-/m1/s1. The lowest BCUT2D eigenvalue weighted by Gasteiger charge is -2.43.